The summed E-state index contributed by atoms with van der Waals surface area (Å²) in [7, 11) is 0. The molecule has 0 aliphatic rings. The zero-order chi connectivity index (χ0) is 103. The highest BCUT2D eigenvalue weighted by Crippen LogP contribution is 2.47. The summed E-state index contributed by atoms with van der Waals surface area (Å²) in [6.45, 7) is 25.0. The van der Waals surface area contributed by atoms with E-state index in [1.165, 1.54) is 0 Å². The highest BCUT2D eigenvalue weighted by Gasteiger charge is 2.25. The molecule has 0 fully saturated rings. The van der Waals surface area contributed by atoms with Crippen molar-refractivity contribution in [2.45, 2.75) is 101 Å². The number of hydrogen-bond donors (Lipinski definition) is 0. The molecule has 0 saturated heterocycles. The maximum Gasteiger partial charge on any atom is 0.331 e. The predicted molar refractivity (Wildman–Crippen MR) is 618 cm³/mol. The molecular weight excluding hydrogens is 1850 g/mol. The van der Waals surface area contributed by atoms with Crippen LogP contribution in [-0.2, 0) is 0 Å². The van der Waals surface area contributed by atoms with Gasteiger partial charge in [0.25, 0.3) is 0 Å². The quantitative estimate of drug-likeness (QED) is 0.0270. The highest BCUT2D eigenvalue weighted by molar-refractivity contribution is 5.89. The van der Waals surface area contributed by atoms with Crippen molar-refractivity contribution in [1.29, 1.82) is 0 Å². The van der Waals surface area contributed by atoms with Crippen LogP contribution >= 0.6 is 0 Å². The topological polar surface area (TPSA) is 151 Å². The minimum atomic E-state index is -0.0607. The molecule has 150 heavy (non-hydrogen) atoms. The van der Waals surface area contributed by atoms with Crippen molar-refractivity contribution < 1.29 is 28.4 Å². The standard InChI is InChI=1S/C132H120N12O6/c1-91(2)127(133-94(7)8)145-121-79-67-115(68-80-121)139(103-31-19-13-20-32-103)109-55-43-97(44-56-109)100-49-61-112(62-50-100)142(106-37-25-16-26-38-106)118-73-85-124(86-74-118)148-130-136-131(149-125-87-75-119(76-88-125)143(107-39-27-17-28-40-107)113-63-51-101(52-64-113)98-45-57-110(58-46-98)140(104-33-21-14-22-34-104)116-69-81-122(82-70-116)146-128(92(3)4)134-95(9)10)138-132(137-130)150-126-89-77-120(78-90-126)144(108-41-29-18-30-42-108)114-65-53-102(54-66-114)99-47-59-111(60-48-99)141(105-35-23-15-24-36-105)117-71-83-123(84-72-117)147-129(93(5)6)135-96(11)12/h13-96H,1-12H3/b133-127+,134-128+,135-129+. The molecule has 0 saturated carbocycles. The molecule has 0 N–H and O–H groups in total. The van der Waals surface area contributed by atoms with Crippen LogP contribution in [0.5, 0.6) is 52.5 Å². The first-order valence-electron chi connectivity index (χ1n) is 51.1. The van der Waals surface area contributed by atoms with Gasteiger partial charge < -0.3 is 57.8 Å². The molecule has 0 bridgehead atoms. The molecule has 744 valence electrons. The van der Waals surface area contributed by atoms with Gasteiger partial charge in [-0.15, -0.1) is 15.0 Å². The predicted octanol–water partition coefficient (Wildman–Crippen LogP) is 36.6. The molecule has 0 spiro atoms. The summed E-state index contributed by atoms with van der Waals surface area (Å²) in [6.07, 6.45) is 0. The second-order valence-electron chi connectivity index (χ2n) is 38.2. The van der Waals surface area contributed by atoms with Crippen LogP contribution in [-0.4, -0.2) is 50.8 Å². The van der Waals surface area contributed by atoms with Gasteiger partial charge in [-0.3, -0.25) is 15.0 Å². The number of nitrogens with zero attached hydrogens (tertiary/aromatic N) is 12. The van der Waals surface area contributed by atoms with Crippen molar-refractivity contribution in [3.63, 3.8) is 0 Å². The Morgan fingerprint density at radius 1 is 0.160 bits per heavy atom. The van der Waals surface area contributed by atoms with Crippen LogP contribution in [0.4, 0.5) is 102 Å². The van der Waals surface area contributed by atoms with E-state index in [4.69, 9.17) is 58.4 Å². The monoisotopic (exact) mass is 1970 g/mol. The van der Waals surface area contributed by atoms with Crippen LogP contribution in [0, 0.1) is 17.8 Å². The average molecular weight is 1970 g/mol. The minimum absolute atomic E-state index is 0.0607. The average Bonchev–Trinajstić information content (AvgIpc) is 0.816. The summed E-state index contributed by atoms with van der Waals surface area (Å²) in [5.41, 5.74) is 24.0. The van der Waals surface area contributed by atoms with Gasteiger partial charge in [0.1, 0.15) is 34.5 Å². The lowest BCUT2D eigenvalue weighted by atomic mass is 10.0. The lowest BCUT2D eigenvalue weighted by Crippen LogP contribution is -2.18. The number of rotatable bonds is 36. The van der Waals surface area contributed by atoms with Crippen molar-refractivity contribution >= 4 is 120 Å². The number of aromatic nitrogens is 3. The van der Waals surface area contributed by atoms with E-state index < -0.39 is 0 Å². The Labute approximate surface area is 880 Å². The first kappa shape index (κ1) is 100. The largest absolute Gasteiger partial charge is 0.443 e. The Kier molecular flexibility index (Phi) is 31.5. The molecule has 18 heteroatoms. The highest BCUT2D eigenvalue weighted by atomic mass is 16.5. The normalized spacial score (nSPS) is 11.7. The zero-order valence-electron chi connectivity index (χ0n) is 86.3. The molecule has 1 aromatic heterocycles. The van der Waals surface area contributed by atoms with Crippen LogP contribution in [0.15, 0.2) is 488 Å². The van der Waals surface area contributed by atoms with Gasteiger partial charge in [-0.2, -0.15) is 0 Å². The second kappa shape index (κ2) is 47.2. The van der Waals surface area contributed by atoms with Crippen molar-refractivity contribution in [2.75, 3.05) is 29.4 Å². The summed E-state index contributed by atoms with van der Waals surface area (Å²) < 4.78 is 39.1. The van der Waals surface area contributed by atoms with Gasteiger partial charge in [-0.1, -0.05) is 224 Å². The third-order valence-electron chi connectivity index (χ3n) is 24.9. The fourth-order valence-electron chi connectivity index (χ4n) is 17.7. The third kappa shape index (κ3) is 24.9. The molecule has 0 atom stereocenters. The van der Waals surface area contributed by atoms with E-state index in [0.717, 1.165) is 171 Å². The van der Waals surface area contributed by atoms with Crippen molar-refractivity contribution in [3.05, 3.63) is 473 Å². The molecule has 1 heterocycles. The van der Waals surface area contributed by atoms with Crippen molar-refractivity contribution in [1.82, 2.24) is 15.0 Å². The Hall–Kier alpha value is -18.4. The Morgan fingerprint density at radius 2 is 0.287 bits per heavy atom. The lowest BCUT2D eigenvalue weighted by Gasteiger charge is -2.26. The molecule has 19 aromatic rings. The molecule has 18 nitrogen and oxygen atoms in total. The van der Waals surface area contributed by atoms with E-state index in [0.29, 0.717) is 17.2 Å². The van der Waals surface area contributed by atoms with Crippen LogP contribution < -0.4 is 57.8 Å². The van der Waals surface area contributed by atoms with E-state index in [2.05, 4.69) is 404 Å². The van der Waals surface area contributed by atoms with Gasteiger partial charge >= 0.3 is 18.0 Å². The second-order valence-corrected chi connectivity index (χ2v) is 38.2. The SMILES string of the molecule is CC(C)/N=C(/Oc1ccc(N(c2ccccc2)c2ccc(-c3ccc(N(c4ccccc4)c4ccc(Oc5nc(Oc6ccc(N(c7ccccc7)c7ccc(-c8ccc(N(c9ccccc9)c9ccc(O/C(=N/C(C)C)C(C)C)cc9)cc8)cc7)cc6)nc(Oc6ccc(N(c7ccccc7)c7ccc(-c8ccc(N(c9ccccc9)c9ccc(O/C(=N/C(C)C)C(C)C)cc9)cc8)cc7)cc6)n5)cc4)cc3)cc2)cc1)C(C)C. The summed E-state index contributed by atoms with van der Waals surface area (Å²) in [6, 6.07) is 163. The zero-order valence-corrected chi connectivity index (χ0v) is 86.3. The van der Waals surface area contributed by atoms with Gasteiger partial charge in [-0.05, 0) is 366 Å². The molecule has 0 radical (unpaired) electrons. The Balaban J connectivity index is 0.591. The first-order chi connectivity index (χ1) is 73.2. The number of aliphatic imine (C=N–C) groups is 3. The van der Waals surface area contributed by atoms with Crippen LogP contribution in [0.2, 0.25) is 0 Å². The summed E-state index contributed by atoms with van der Waals surface area (Å²) in [4.78, 5) is 42.2. The molecule has 0 aliphatic carbocycles. The van der Waals surface area contributed by atoms with Crippen LogP contribution in [0.25, 0.3) is 33.4 Å². The van der Waals surface area contributed by atoms with E-state index in [9.17, 15) is 0 Å². The van der Waals surface area contributed by atoms with E-state index >= 15 is 0 Å². The minimum Gasteiger partial charge on any atom is -0.443 e. The lowest BCUT2D eigenvalue weighted by molar-refractivity contribution is 0.362. The number of benzene rings is 18. The number of para-hydroxylation sites is 6. The van der Waals surface area contributed by atoms with E-state index in [1.807, 2.05) is 182 Å². The fraction of sp³-hybridized carbons (Fsp3) is 0.136. The summed E-state index contributed by atoms with van der Waals surface area (Å²) in [5, 5.41) is 0. The van der Waals surface area contributed by atoms with Gasteiger partial charge in [-0.25, -0.2) is 0 Å². The maximum absolute atomic E-state index is 6.69. The molecule has 0 aliphatic heterocycles. The van der Waals surface area contributed by atoms with Crippen molar-refractivity contribution in [2.24, 2.45) is 32.7 Å². The Morgan fingerprint density at radius 3 is 0.420 bits per heavy atom. The number of anilines is 18. The fourth-order valence-corrected chi connectivity index (χ4v) is 17.7. The Bertz CT molecular complexity index is 6950. The molecular formula is C132H120N12O6. The molecule has 0 amide bonds. The smallest absolute Gasteiger partial charge is 0.331 e. The maximum atomic E-state index is 6.69. The number of ether oxygens (including phenoxy) is 6. The van der Waals surface area contributed by atoms with Crippen LogP contribution in [0.3, 0.4) is 0 Å². The van der Waals surface area contributed by atoms with Gasteiger partial charge in [0, 0.05) is 138 Å². The molecule has 19 rings (SSSR count). The van der Waals surface area contributed by atoms with E-state index in [1.54, 1.807) is 0 Å². The third-order valence-corrected chi connectivity index (χ3v) is 24.9. The van der Waals surface area contributed by atoms with Gasteiger partial charge in [0.15, 0.2) is 17.7 Å². The number of hydrogen-bond acceptors (Lipinski definition) is 18. The van der Waals surface area contributed by atoms with Crippen LogP contribution in [0.1, 0.15) is 83.1 Å². The molecule has 18 aromatic carbocycles. The van der Waals surface area contributed by atoms with Gasteiger partial charge in [0.2, 0.25) is 0 Å². The van der Waals surface area contributed by atoms with Crippen molar-refractivity contribution in [3.8, 4) is 85.9 Å². The van der Waals surface area contributed by atoms with Gasteiger partial charge in [0.05, 0.1) is 0 Å². The first-order valence-corrected chi connectivity index (χ1v) is 51.1. The van der Waals surface area contributed by atoms with E-state index in [-0.39, 0.29) is 53.9 Å². The summed E-state index contributed by atoms with van der Waals surface area (Å²) >= 11 is 0. The summed E-state index contributed by atoms with van der Waals surface area (Å²) in [5.74, 6) is 6.19. The molecule has 0 unspecified atom stereocenters.